The Bertz CT molecular complexity index is 1150. The first-order valence-corrected chi connectivity index (χ1v) is 12.9. The van der Waals surface area contributed by atoms with Gasteiger partial charge >= 0.3 is 0 Å². The minimum absolute atomic E-state index is 0.746. The molecule has 0 amide bonds. The number of rotatable bonds is 5. The molecular formula is C30H38N4. The fourth-order valence-electron chi connectivity index (χ4n) is 3.98. The van der Waals surface area contributed by atoms with Crippen LogP contribution in [0.5, 0.6) is 0 Å². The van der Waals surface area contributed by atoms with Crippen LogP contribution >= 0.6 is 0 Å². The Morgan fingerprint density at radius 2 is 1.32 bits per heavy atom. The number of hydrogen-bond acceptors (Lipinski definition) is 4. The minimum Gasteiger partial charge on any atom is -0.255 e. The summed E-state index contributed by atoms with van der Waals surface area (Å²) in [5, 5.41) is 1.06. The van der Waals surface area contributed by atoms with E-state index >= 15 is 0 Å². The molecule has 0 spiro atoms. The van der Waals surface area contributed by atoms with Crippen LogP contribution < -0.4 is 0 Å². The van der Waals surface area contributed by atoms with Crippen LogP contribution in [0.3, 0.4) is 0 Å². The summed E-state index contributed by atoms with van der Waals surface area (Å²) < 4.78 is 0. The summed E-state index contributed by atoms with van der Waals surface area (Å²) >= 11 is 0. The van der Waals surface area contributed by atoms with Crippen molar-refractivity contribution >= 4 is 11.0 Å². The maximum Gasteiger partial charge on any atom is 0.160 e. The second-order valence-corrected chi connectivity index (χ2v) is 8.67. The third kappa shape index (κ3) is 6.69. The molecule has 0 atom stereocenters. The largest absolute Gasteiger partial charge is 0.255 e. The van der Waals surface area contributed by atoms with Gasteiger partial charge in [-0.3, -0.25) is 9.97 Å². The summed E-state index contributed by atoms with van der Waals surface area (Å²) in [6, 6.07) is 16.2. The number of hydrogen-bond donors (Lipinski definition) is 0. The fraction of sp³-hybridized carbons (Fsp3) is 0.400. The average Bonchev–Trinajstić information content (AvgIpc) is 2.89. The van der Waals surface area contributed by atoms with Gasteiger partial charge in [0, 0.05) is 17.8 Å². The first-order chi connectivity index (χ1) is 16.7. The van der Waals surface area contributed by atoms with E-state index in [0.29, 0.717) is 0 Å². The molecule has 178 valence electrons. The summed E-state index contributed by atoms with van der Waals surface area (Å²) in [6.07, 6.45) is 13.8. The lowest BCUT2D eigenvalue weighted by molar-refractivity contribution is 0.772. The number of fused-ring (bicyclic) bond motifs is 4. The molecule has 1 aliphatic carbocycles. The first-order valence-electron chi connectivity index (χ1n) is 12.9. The van der Waals surface area contributed by atoms with Gasteiger partial charge in [-0.05, 0) is 60.4 Å². The lowest BCUT2D eigenvalue weighted by Crippen LogP contribution is -2.08. The number of unbranched alkanes of at least 4 members (excludes halogenated alkanes) is 4. The molecule has 4 heterocycles. The van der Waals surface area contributed by atoms with Crippen molar-refractivity contribution in [3.05, 3.63) is 72.1 Å². The van der Waals surface area contributed by atoms with Gasteiger partial charge in [0.25, 0.3) is 0 Å². The van der Waals surface area contributed by atoms with E-state index in [-0.39, 0.29) is 0 Å². The molecule has 5 rings (SSSR count). The Labute approximate surface area is 204 Å². The molecule has 0 aromatic carbocycles. The third-order valence-electron chi connectivity index (χ3n) is 5.88. The first kappa shape index (κ1) is 25.5. The second-order valence-electron chi connectivity index (χ2n) is 8.67. The van der Waals surface area contributed by atoms with Gasteiger partial charge in [-0.25, -0.2) is 9.97 Å². The molecule has 4 aromatic heterocycles. The normalized spacial score (nSPS) is 11.4. The van der Waals surface area contributed by atoms with Gasteiger partial charge in [0.05, 0.1) is 22.8 Å². The van der Waals surface area contributed by atoms with Crippen molar-refractivity contribution in [2.45, 2.75) is 79.1 Å². The molecule has 1 aliphatic rings. The molecule has 4 heteroatoms. The van der Waals surface area contributed by atoms with Gasteiger partial charge in [-0.1, -0.05) is 78.4 Å². The summed E-state index contributed by atoms with van der Waals surface area (Å²) in [7, 11) is 0. The van der Waals surface area contributed by atoms with Crippen molar-refractivity contribution in [3.8, 4) is 22.8 Å². The van der Waals surface area contributed by atoms with E-state index in [2.05, 4.69) is 55.9 Å². The van der Waals surface area contributed by atoms with E-state index in [1.54, 1.807) is 6.20 Å². The van der Waals surface area contributed by atoms with Crippen LogP contribution in [-0.4, -0.2) is 19.9 Å². The molecule has 0 bridgehead atoms. The van der Waals surface area contributed by atoms with Crippen LogP contribution in [-0.2, 0) is 12.8 Å². The van der Waals surface area contributed by atoms with E-state index in [1.807, 2.05) is 36.5 Å². The van der Waals surface area contributed by atoms with E-state index < -0.39 is 0 Å². The molecule has 4 aromatic rings. The molecular weight excluding hydrogens is 416 g/mol. The van der Waals surface area contributed by atoms with Crippen LogP contribution in [0.15, 0.2) is 60.9 Å². The van der Waals surface area contributed by atoms with Crippen molar-refractivity contribution in [2.24, 2.45) is 0 Å². The molecule has 0 unspecified atom stereocenters. The predicted molar refractivity (Wildman–Crippen MR) is 144 cm³/mol. The van der Waals surface area contributed by atoms with Crippen LogP contribution in [0.1, 0.15) is 77.3 Å². The number of aryl methyl sites for hydroxylation is 2. The monoisotopic (exact) mass is 454 g/mol. The van der Waals surface area contributed by atoms with E-state index in [0.717, 1.165) is 46.7 Å². The van der Waals surface area contributed by atoms with Crippen molar-refractivity contribution in [1.82, 2.24) is 19.9 Å². The van der Waals surface area contributed by atoms with Crippen LogP contribution in [0.4, 0.5) is 0 Å². The zero-order valence-electron chi connectivity index (χ0n) is 21.2. The van der Waals surface area contributed by atoms with Gasteiger partial charge in [-0.2, -0.15) is 0 Å². The van der Waals surface area contributed by atoms with Gasteiger partial charge in [-0.15, -0.1) is 0 Å². The van der Waals surface area contributed by atoms with Gasteiger partial charge in [0.1, 0.15) is 0 Å². The van der Waals surface area contributed by atoms with Crippen molar-refractivity contribution in [1.29, 1.82) is 0 Å². The van der Waals surface area contributed by atoms with E-state index in [4.69, 9.17) is 9.97 Å². The standard InChI is InChI=1S/C20H14N4.2C5H12/c1-2-10-21-16(5-1)17-9-8-15-12-14-7-6-13-4-3-11-22-18(13)19(14)24-20(15)23-17;2*1-3-5-4-2/h1-5,8-12H,6-7H2;2*3-5H2,1-2H3. The molecule has 0 radical (unpaired) electrons. The van der Waals surface area contributed by atoms with E-state index in [9.17, 15) is 0 Å². The van der Waals surface area contributed by atoms with Crippen molar-refractivity contribution in [2.75, 3.05) is 0 Å². The zero-order chi connectivity index (χ0) is 24.2. The second kappa shape index (κ2) is 13.5. The summed E-state index contributed by atoms with van der Waals surface area (Å²) in [6.45, 7) is 8.85. The number of aromatic nitrogens is 4. The fourth-order valence-corrected chi connectivity index (χ4v) is 3.98. The summed E-state index contributed by atoms with van der Waals surface area (Å²) in [4.78, 5) is 18.5. The Morgan fingerprint density at radius 3 is 1.97 bits per heavy atom. The predicted octanol–water partition coefficient (Wildman–Crippen LogP) is 8.25. The lowest BCUT2D eigenvalue weighted by Gasteiger charge is -2.18. The third-order valence-corrected chi connectivity index (χ3v) is 5.88. The SMILES string of the molecule is CCCCC.CCCCC.c1ccc(-c2ccc3cc4c(nc3n2)-c2ncccc2CC4)nc1. The van der Waals surface area contributed by atoms with Crippen molar-refractivity contribution in [3.63, 3.8) is 0 Å². The maximum atomic E-state index is 4.84. The number of nitrogens with zero attached hydrogens (tertiary/aromatic N) is 4. The molecule has 34 heavy (non-hydrogen) atoms. The van der Waals surface area contributed by atoms with Crippen LogP contribution in [0, 0.1) is 0 Å². The Morgan fingerprint density at radius 1 is 0.618 bits per heavy atom. The zero-order valence-corrected chi connectivity index (χ0v) is 21.2. The van der Waals surface area contributed by atoms with Gasteiger partial charge < -0.3 is 0 Å². The van der Waals surface area contributed by atoms with Gasteiger partial charge in [0.2, 0.25) is 0 Å². The van der Waals surface area contributed by atoms with Crippen LogP contribution in [0.25, 0.3) is 33.8 Å². The quantitative estimate of drug-likeness (QED) is 0.305. The topological polar surface area (TPSA) is 51.6 Å². The van der Waals surface area contributed by atoms with Crippen LogP contribution in [0.2, 0.25) is 0 Å². The molecule has 4 nitrogen and oxygen atoms in total. The minimum atomic E-state index is 0.746. The number of pyridine rings is 4. The Balaban J connectivity index is 0.000000277. The Hall–Kier alpha value is -3.14. The lowest BCUT2D eigenvalue weighted by atomic mass is 9.92. The smallest absolute Gasteiger partial charge is 0.160 e. The van der Waals surface area contributed by atoms with Crippen molar-refractivity contribution < 1.29 is 0 Å². The highest BCUT2D eigenvalue weighted by atomic mass is 14.9. The highest BCUT2D eigenvalue weighted by Gasteiger charge is 2.19. The molecule has 0 saturated heterocycles. The molecule has 0 N–H and O–H groups in total. The summed E-state index contributed by atoms with van der Waals surface area (Å²) in [5.74, 6) is 0. The average molecular weight is 455 g/mol. The maximum absolute atomic E-state index is 4.84. The van der Waals surface area contributed by atoms with E-state index in [1.165, 1.54) is 49.7 Å². The summed E-state index contributed by atoms with van der Waals surface area (Å²) in [5.41, 5.74) is 6.92. The molecule has 0 saturated carbocycles. The highest BCUT2D eigenvalue weighted by molar-refractivity contribution is 5.83. The van der Waals surface area contributed by atoms with Gasteiger partial charge in [0.15, 0.2) is 5.65 Å². The molecule has 0 fully saturated rings. The highest BCUT2D eigenvalue weighted by Crippen LogP contribution is 2.32. The Kier molecular flexibility index (Phi) is 10.1. The molecule has 0 aliphatic heterocycles.